The van der Waals surface area contributed by atoms with Crippen LogP contribution >= 0.6 is 0 Å². The fourth-order valence-corrected chi connectivity index (χ4v) is 3.60. The minimum absolute atomic E-state index is 0.0100. The summed E-state index contributed by atoms with van der Waals surface area (Å²) < 4.78 is 59.4. The average Bonchev–Trinajstić information content (AvgIpc) is 2.71. The zero-order valence-corrected chi connectivity index (χ0v) is 18.9. The first kappa shape index (κ1) is 25.4. The first-order valence-corrected chi connectivity index (χ1v) is 10.6. The van der Waals surface area contributed by atoms with Crippen molar-refractivity contribution >= 4 is 28.4 Å². The molecule has 0 aliphatic carbocycles. The van der Waals surface area contributed by atoms with Gasteiger partial charge < -0.3 is 15.0 Å². The van der Waals surface area contributed by atoms with Gasteiger partial charge in [-0.3, -0.25) is 15.0 Å². The van der Waals surface area contributed by atoms with Crippen LogP contribution in [-0.2, 0) is 10.9 Å². The molecule has 186 valence electrons. The Hall–Kier alpha value is -3.22. The van der Waals surface area contributed by atoms with Gasteiger partial charge in [-0.25, -0.2) is 14.2 Å². The summed E-state index contributed by atoms with van der Waals surface area (Å²) >= 11 is 0. The minimum atomic E-state index is -5.10. The molecule has 2 aromatic rings. The third kappa shape index (κ3) is 6.01. The highest BCUT2D eigenvalue weighted by Crippen LogP contribution is 2.42. The summed E-state index contributed by atoms with van der Waals surface area (Å²) in [5.74, 6) is -0.809. The summed E-state index contributed by atoms with van der Waals surface area (Å²) in [6, 6.07) is 2.96. The number of halogens is 4. The molecular formula is C21H25F4N5O4. The Balaban J connectivity index is 1.74. The molecule has 1 aromatic heterocycles. The summed E-state index contributed by atoms with van der Waals surface area (Å²) in [4.78, 5) is 29.5. The topological polar surface area (TPSA) is 101 Å². The van der Waals surface area contributed by atoms with E-state index in [4.69, 9.17) is 4.74 Å². The minimum Gasteiger partial charge on any atom is -0.444 e. The molecule has 3 rings (SSSR count). The zero-order valence-electron chi connectivity index (χ0n) is 18.9. The maximum atomic E-state index is 13.6. The van der Waals surface area contributed by atoms with E-state index >= 15 is 0 Å². The van der Waals surface area contributed by atoms with Crippen LogP contribution in [0.3, 0.4) is 0 Å². The Morgan fingerprint density at radius 1 is 1.21 bits per heavy atom. The number of aromatic nitrogens is 1. The van der Waals surface area contributed by atoms with E-state index in [0.717, 1.165) is 18.2 Å². The van der Waals surface area contributed by atoms with Crippen molar-refractivity contribution in [1.82, 2.24) is 14.8 Å². The maximum absolute atomic E-state index is 13.6. The van der Waals surface area contributed by atoms with Crippen LogP contribution in [0.25, 0.3) is 10.9 Å². The smallest absolute Gasteiger partial charge is 0.440 e. The number of hydrogen-bond acceptors (Lipinski definition) is 7. The molecule has 0 spiro atoms. The SMILES string of the molecule is CC(C)(C)OC(=O)N1CCN(CCNc2c([N+](=O)[O-])c(C(F)(F)F)nc3cc(F)ccc23)CC1. The molecule has 13 heteroatoms. The second-order valence-electron chi connectivity index (χ2n) is 8.84. The van der Waals surface area contributed by atoms with Crippen LogP contribution in [0, 0.1) is 15.9 Å². The lowest BCUT2D eigenvalue weighted by molar-refractivity contribution is -0.387. The predicted octanol–water partition coefficient (Wildman–Crippen LogP) is 4.27. The van der Waals surface area contributed by atoms with Gasteiger partial charge in [-0.05, 0) is 32.9 Å². The van der Waals surface area contributed by atoms with E-state index in [1.165, 1.54) is 0 Å². The summed E-state index contributed by atoms with van der Waals surface area (Å²) in [5.41, 5.74) is -4.22. The maximum Gasteiger partial charge on any atom is 0.440 e. The standard InChI is InChI=1S/C21H25F4N5O4/c1-20(2,3)34-19(31)29-10-8-28(9-11-29)7-6-26-16-14-5-4-13(22)12-15(14)27-18(21(23,24)25)17(16)30(32)33/h4-5,12H,6-11H2,1-3H3,(H,26,27). The molecule has 9 nitrogen and oxygen atoms in total. The van der Waals surface area contributed by atoms with E-state index in [2.05, 4.69) is 10.3 Å². The van der Waals surface area contributed by atoms with E-state index in [0.29, 0.717) is 32.7 Å². The van der Waals surface area contributed by atoms with Gasteiger partial charge in [0, 0.05) is 50.7 Å². The number of rotatable bonds is 5. The molecule has 0 radical (unpaired) electrons. The van der Waals surface area contributed by atoms with Gasteiger partial charge in [-0.2, -0.15) is 13.2 Å². The number of hydrogen-bond donors (Lipinski definition) is 1. The highest BCUT2D eigenvalue weighted by molar-refractivity contribution is 5.96. The molecule has 34 heavy (non-hydrogen) atoms. The highest BCUT2D eigenvalue weighted by Gasteiger charge is 2.43. The number of benzene rings is 1. The number of amides is 1. The molecule has 1 fully saturated rings. The van der Waals surface area contributed by atoms with Gasteiger partial charge in [0.15, 0.2) is 0 Å². The number of alkyl halides is 3. The molecule has 1 aliphatic heterocycles. The number of piperazine rings is 1. The number of nitrogens with zero attached hydrogens (tertiary/aromatic N) is 4. The Kier molecular flexibility index (Phi) is 7.15. The van der Waals surface area contributed by atoms with Crippen molar-refractivity contribution < 1.29 is 32.0 Å². The van der Waals surface area contributed by atoms with Crippen LogP contribution in [0.4, 0.5) is 33.7 Å². The third-order valence-corrected chi connectivity index (χ3v) is 5.13. The molecule has 1 amide bonds. The molecule has 1 aromatic carbocycles. The van der Waals surface area contributed by atoms with Gasteiger partial charge in [-0.15, -0.1) is 0 Å². The van der Waals surface area contributed by atoms with Gasteiger partial charge in [-0.1, -0.05) is 0 Å². The van der Waals surface area contributed by atoms with Crippen LogP contribution in [0.1, 0.15) is 26.5 Å². The second-order valence-corrected chi connectivity index (χ2v) is 8.84. The largest absolute Gasteiger partial charge is 0.444 e. The van der Waals surface area contributed by atoms with Crippen LogP contribution in [0.15, 0.2) is 18.2 Å². The van der Waals surface area contributed by atoms with E-state index in [9.17, 15) is 32.5 Å². The van der Waals surface area contributed by atoms with Gasteiger partial charge in [0.05, 0.1) is 10.4 Å². The van der Waals surface area contributed by atoms with Crippen LogP contribution < -0.4 is 5.32 Å². The zero-order chi connectivity index (χ0) is 25.3. The van der Waals surface area contributed by atoms with Gasteiger partial charge in [0.25, 0.3) is 0 Å². The summed E-state index contributed by atoms with van der Waals surface area (Å²) in [7, 11) is 0. The molecule has 1 N–H and O–H groups in total. The Morgan fingerprint density at radius 3 is 2.41 bits per heavy atom. The van der Waals surface area contributed by atoms with E-state index in [1.54, 1.807) is 25.7 Å². The van der Waals surface area contributed by atoms with Crippen molar-refractivity contribution in [3.05, 3.63) is 39.8 Å². The summed E-state index contributed by atoms with van der Waals surface area (Å²) in [5, 5.41) is 14.3. The molecule has 0 bridgehead atoms. The van der Waals surface area contributed by atoms with Crippen molar-refractivity contribution in [2.24, 2.45) is 0 Å². The van der Waals surface area contributed by atoms with E-state index in [1.807, 2.05) is 4.90 Å². The fraction of sp³-hybridized carbons (Fsp3) is 0.524. The van der Waals surface area contributed by atoms with Gasteiger partial charge in [0.1, 0.15) is 17.1 Å². The normalized spacial score (nSPS) is 15.4. The number of carbonyl (C=O) groups is 1. The van der Waals surface area contributed by atoms with Crippen LogP contribution in [0.2, 0.25) is 0 Å². The van der Waals surface area contributed by atoms with Crippen molar-refractivity contribution in [3.63, 3.8) is 0 Å². The van der Waals surface area contributed by atoms with Crippen LogP contribution in [-0.4, -0.2) is 70.7 Å². The van der Waals surface area contributed by atoms with Crippen molar-refractivity contribution in [2.75, 3.05) is 44.6 Å². The number of ether oxygens (including phenoxy) is 1. The lowest BCUT2D eigenvalue weighted by Crippen LogP contribution is -2.50. The average molecular weight is 487 g/mol. The monoisotopic (exact) mass is 487 g/mol. The number of nitro groups is 1. The first-order chi connectivity index (χ1) is 15.8. The lowest BCUT2D eigenvalue weighted by atomic mass is 10.1. The lowest BCUT2D eigenvalue weighted by Gasteiger charge is -2.35. The summed E-state index contributed by atoms with van der Waals surface area (Å²) in [6.45, 7) is 7.56. The Bertz CT molecular complexity index is 1080. The number of fused-ring (bicyclic) bond motifs is 1. The van der Waals surface area contributed by atoms with Gasteiger partial charge >= 0.3 is 18.0 Å². The van der Waals surface area contributed by atoms with Crippen molar-refractivity contribution in [2.45, 2.75) is 32.5 Å². The molecule has 1 saturated heterocycles. The second kappa shape index (κ2) is 9.57. The summed E-state index contributed by atoms with van der Waals surface area (Å²) in [6.07, 6.45) is -5.52. The molecule has 1 aliphatic rings. The predicted molar refractivity (Wildman–Crippen MR) is 116 cm³/mol. The Labute approximate surface area is 192 Å². The number of anilines is 1. The Morgan fingerprint density at radius 2 is 1.85 bits per heavy atom. The molecule has 0 unspecified atom stereocenters. The molecule has 0 atom stereocenters. The van der Waals surface area contributed by atoms with Gasteiger partial charge in [0.2, 0.25) is 5.69 Å². The number of carbonyl (C=O) groups excluding carboxylic acids is 1. The first-order valence-electron chi connectivity index (χ1n) is 10.6. The van der Waals surface area contributed by atoms with E-state index < -0.39 is 40.0 Å². The quantitative estimate of drug-likeness (QED) is 0.382. The van der Waals surface area contributed by atoms with Crippen molar-refractivity contribution in [1.29, 1.82) is 0 Å². The molecular weight excluding hydrogens is 462 g/mol. The number of nitrogens with one attached hydrogen (secondary N) is 1. The fourth-order valence-electron chi connectivity index (χ4n) is 3.60. The van der Waals surface area contributed by atoms with E-state index in [-0.39, 0.29) is 23.1 Å². The van der Waals surface area contributed by atoms with Crippen LogP contribution in [0.5, 0.6) is 0 Å². The molecule has 2 heterocycles. The molecule has 0 saturated carbocycles. The highest BCUT2D eigenvalue weighted by atomic mass is 19.4. The van der Waals surface area contributed by atoms with Crippen molar-refractivity contribution in [3.8, 4) is 0 Å². The number of pyridine rings is 1. The third-order valence-electron chi connectivity index (χ3n) is 5.13.